The number of rotatable bonds is 7. The van der Waals surface area contributed by atoms with Gasteiger partial charge in [0.05, 0.1) is 10.8 Å². The van der Waals surface area contributed by atoms with Gasteiger partial charge in [-0.05, 0) is 25.3 Å². The summed E-state index contributed by atoms with van der Waals surface area (Å²) in [4.78, 5) is 21.8. The van der Waals surface area contributed by atoms with Crippen LogP contribution in [0.1, 0.15) is 25.8 Å². The lowest BCUT2D eigenvalue weighted by molar-refractivity contribution is -0.384. The van der Waals surface area contributed by atoms with E-state index in [1.54, 1.807) is 25.1 Å². The topological polar surface area (TPSA) is 92.5 Å². The second kappa shape index (κ2) is 6.88. The van der Waals surface area contributed by atoms with Crippen molar-refractivity contribution in [3.63, 3.8) is 0 Å². The number of hydrogen-bond acceptors (Lipinski definition) is 4. The van der Waals surface area contributed by atoms with E-state index in [1.807, 2.05) is 13.8 Å². The molecule has 6 nitrogen and oxygen atoms in total. The lowest BCUT2D eigenvalue weighted by Crippen LogP contribution is -2.24. The van der Waals surface area contributed by atoms with Gasteiger partial charge in [-0.1, -0.05) is 26.0 Å². The molecule has 0 aliphatic carbocycles. The minimum absolute atomic E-state index is 0.00110. The van der Waals surface area contributed by atoms with Crippen LogP contribution in [0.3, 0.4) is 0 Å². The summed E-state index contributed by atoms with van der Waals surface area (Å²) in [5.74, 6) is -1.19. The van der Waals surface area contributed by atoms with Gasteiger partial charge in [0, 0.05) is 12.1 Å². The predicted octanol–water partition coefficient (Wildman–Crippen LogP) is 3.06. The second-order valence-electron chi connectivity index (χ2n) is 5.27. The Morgan fingerprint density at radius 1 is 1.45 bits per heavy atom. The Morgan fingerprint density at radius 3 is 2.60 bits per heavy atom. The van der Waals surface area contributed by atoms with Gasteiger partial charge in [-0.25, -0.2) is 0 Å². The molecule has 1 aromatic rings. The zero-order valence-corrected chi connectivity index (χ0v) is 11.9. The molecule has 0 radical (unpaired) electrons. The number of carbonyl (C=O) groups is 1. The lowest BCUT2D eigenvalue weighted by atomic mass is 9.97. The van der Waals surface area contributed by atoms with E-state index in [0.717, 1.165) is 0 Å². The van der Waals surface area contributed by atoms with Crippen LogP contribution in [0.25, 0.3) is 0 Å². The highest BCUT2D eigenvalue weighted by molar-refractivity contribution is 5.72. The number of nitro benzene ring substituents is 1. The molecule has 0 saturated heterocycles. The van der Waals surface area contributed by atoms with Gasteiger partial charge in [-0.15, -0.1) is 0 Å². The van der Waals surface area contributed by atoms with Crippen molar-refractivity contribution in [2.24, 2.45) is 11.8 Å². The number of aliphatic carboxylic acids is 1. The lowest BCUT2D eigenvalue weighted by Gasteiger charge is -2.16. The van der Waals surface area contributed by atoms with Crippen molar-refractivity contribution in [1.29, 1.82) is 0 Å². The highest BCUT2D eigenvalue weighted by Crippen LogP contribution is 2.28. The van der Waals surface area contributed by atoms with Crippen LogP contribution in [0, 0.1) is 28.9 Å². The molecule has 0 aliphatic heterocycles. The number of anilines is 1. The smallest absolute Gasteiger partial charge is 0.308 e. The standard InChI is InChI=1S/C14H20N2O4/c1-9(2)7-11(14(17)18)8-15-12-6-4-5-10(3)13(12)16(19)20/h4-6,9,11,15H,7-8H2,1-3H3,(H,17,18). The average Bonchev–Trinajstić information content (AvgIpc) is 2.33. The van der Waals surface area contributed by atoms with Crippen molar-refractivity contribution in [1.82, 2.24) is 0 Å². The maximum Gasteiger partial charge on any atom is 0.308 e. The van der Waals surface area contributed by atoms with Crippen molar-refractivity contribution in [3.05, 3.63) is 33.9 Å². The summed E-state index contributed by atoms with van der Waals surface area (Å²) in [6.45, 7) is 5.74. The zero-order valence-electron chi connectivity index (χ0n) is 11.9. The quantitative estimate of drug-likeness (QED) is 0.591. The molecule has 6 heteroatoms. The Morgan fingerprint density at radius 2 is 2.10 bits per heavy atom. The molecule has 0 spiro atoms. The first-order valence-corrected chi connectivity index (χ1v) is 6.53. The molecular formula is C14H20N2O4. The average molecular weight is 280 g/mol. The van der Waals surface area contributed by atoms with Crippen LogP contribution in [0.15, 0.2) is 18.2 Å². The fraction of sp³-hybridized carbons (Fsp3) is 0.500. The van der Waals surface area contributed by atoms with Crippen LogP contribution < -0.4 is 5.32 Å². The molecule has 0 saturated carbocycles. The maximum atomic E-state index is 11.2. The molecule has 0 bridgehead atoms. The van der Waals surface area contributed by atoms with Gasteiger partial charge >= 0.3 is 5.97 Å². The third kappa shape index (κ3) is 4.22. The Balaban J connectivity index is 2.85. The van der Waals surface area contributed by atoms with E-state index in [4.69, 9.17) is 5.11 Å². The molecule has 0 aromatic heterocycles. The number of para-hydroxylation sites is 1. The van der Waals surface area contributed by atoms with Crippen LogP contribution in [0.5, 0.6) is 0 Å². The maximum absolute atomic E-state index is 11.2. The Bertz CT molecular complexity index is 500. The van der Waals surface area contributed by atoms with Crippen molar-refractivity contribution in [2.75, 3.05) is 11.9 Å². The summed E-state index contributed by atoms with van der Waals surface area (Å²) in [6.07, 6.45) is 0.530. The largest absolute Gasteiger partial charge is 0.481 e. The zero-order chi connectivity index (χ0) is 15.3. The van der Waals surface area contributed by atoms with Gasteiger partial charge in [-0.3, -0.25) is 14.9 Å². The number of benzene rings is 1. The SMILES string of the molecule is Cc1cccc(NCC(CC(C)C)C(=O)O)c1[N+](=O)[O-]. The Hall–Kier alpha value is -2.11. The fourth-order valence-electron chi connectivity index (χ4n) is 2.12. The van der Waals surface area contributed by atoms with E-state index < -0.39 is 16.8 Å². The van der Waals surface area contributed by atoms with E-state index in [0.29, 0.717) is 17.7 Å². The first kappa shape index (κ1) is 15.9. The highest BCUT2D eigenvalue weighted by Gasteiger charge is 2.21. The number of carboxylic acids is 1. The van der Waals surface area contributed by atoms with Crippen LogP contribution in [0.4, 0.5) is 11.4 Å². The number of nitrogens with one attached hydrogen (secondary N) is 1. The first-order chi connectivity index (χ1) is 9.32. The Kier molecular flexibility index (Phi) is 5.49. The van der Waals surface area contributed by atoms with Crippen molar-refractivity contribution >= 4 is 17.3 Å². The van der Waals surface area contributed by atoms with Crippen molar-refractivity contribution in [3.8, 4) is 0 Å². The van der Waals surface area contributed by atoms with Crippen LogP contribution in [0.2, 0.25) is 0 Å². The first-order valence-electron chi connectivity index (χ1n) is 6.53. The van der Waals surface area contributed by atoms with E-state index in [-0.39, 0.29) is 18.2 Å². The van der Waals surface area contributed by atoms with Gasteiger partial charge in [0.1, 0.15) is 5.69 Å². The number of hydrogen-bond donors (Lipinski definition) is 2. The molecule has 0 amide bonds. The summed E-state index contributed by atoms with van der Waals surface area (Å²) in [7, 11) is 0. The normalized spacial score (nSPS) is 12.2. The molecule has 1 unspecified atom stereocenters. The number of nitrogens with zero attached hydrogens (tertiary/aromatic N) is 1. The molecule has 1 atom stereocenters. The van der Waals surface area contributed by atoms with Gasteiger partial charge in [-0.2, -0.15) is 0 Å². The second-order valence-corrected chi connectivity index (χ2v) is 5.27. The Labute approximate surface area is 118 Å². The minimum Gasteiger partial charge on any atom is -0.481 e. The third-order valence-corrected chi connectivity index (χ3v) is 3.06. The summed E-state index contributed by atoms with van der Waals surface area (Å²) in [6, 6.07) is 4.97. The number of aryl methyl sites for hydroxylation is 1. The van der Waals surface area contributed by atoms with Crippen LogP contribution >= 0.6 is 0 Å². The summed E-state index contributed by atoms with van der Waals surface area (Å²) < 4.78 is 0. The van der Waals surface area contributed by atoms with Gasteiger partial charge in [0.15, 0.2) is 0 Å². The van der Waals surface area contributed by atoms with Crippen LogP contribution in [-0.2, 0) is 4.79 Å². The molecule has 110 valence electrons. The molecule has 20 heavy (non-hydrogen) atoms. The summed E-state index contributed by atoms with van der Waals surface area (Å²) >= 11 is 0. The fourth-order valence-corrected chi connectivity index (χ4v) is 2.12. The van der Waals surface area contributed by atoms with Crippen molar-refractivity contribution < 1.29 is 14.8 Å². The van der Waals surface area contributed by atoms with E-state index >= 15 is 0 Å². The third-order valence-electron chi connectivity index (χ3n) is 3.06. The van der Waals surface area contributed by atoms with E-state index in [9.17, 15) is 14.9 Å². The molecule has 0 fully saturated rings. The summed E-state index contributed by atoms with van der Waals surface area (Å²) in [5.41, 5.74) is 0.918. The van der Waals surface area contributed by atoms with Crippen LogP contribution in [-0.4, -0.2) is 22.5 Å². The van der Waals surface area contributed by atoms with Gasteiger partial charge < -0.3 is 10.4 Å². The van der Waals surface area contributed by atoms with Gasteiger partial charge in [0.2, 0.25) is 0 Å². The summed E-state index contributed by atoms with van der Waals surface area (Å²) in [5, 5.41) is 23.1. The van der Waals surface area contributed by atoms with E-state index in [2.05, 4.69) is 5.32 Å². The van der Waals surface area contributed by atoms with E-state index in [1.165, 1.54) is 0 Å². The number of nitro groups is 1. The molecule has 1 rings (SSSR count). The number of carboxylic acid groups (broad SMARTS) is 1. The van der Waals surface area contributed by atoms with Gasteiger partial charge in [0.25, 0.3) is 5.69 Å². The molecule has 0 aliphatic rings. The highest BCUT2D eigenvalue weighted by atomic mass is 16.6. The van der Waals surface area contributed by atoms with Crippen molar-refractivity contribution in [2.45, 2.75) is 27.2 Å². The molecule has 2 N–H and O–H groups in total. The molecular weight excluding hydrogens is 260 g/mol. The monoisotopic (exact) mass is 280 g/mol. The molecule has 0 heterocycles. The minimum atomic E-state index is -0.887. The predicted molar refractivity (Wildman–Crippen MR) is 76.9 cm³/mol. The molecule has 1 aromatic carbocycles.